The molecule has 1 amide bonds. The minimum atomic E-state index is 0.262. The lowest BCUT2D eigenvalue weighted by atomic mass is 10.1. The Labute approximate surface area is 98.3 Å². The third-order valence-electron chi connectivity index (χ3n) is 2.75. The Hall–Kier alpha value is -1.31. The van der Waals surface area contributed by atoms with Crippen LogP contribution in [0.15, 0.2) is 30.3 Å². The molecule has 0 spiro atoms. The highest BCUT2D eigenvalue weighted by Crippen LogP contribution is 2.03. The smallest absolute Gasteiger partial charge is 0.222 e. The zero-order valence-electron chi connectivity index (χ0n) is 10.3. The summed E-state index contributed by atoms with van der Waals surface area (Å²) in [5.41, 5.74) is 1.29. The van der Waals surface area contributed by atoms with E-state index in [0.717, 1.165) is 25.8 Å². The van der Waals surface area contributed by atoms with Gasteiger partial charge < -0.3 is 4.90 Å². The summed E-state index contributed by atoms with van der Waals surface area (Å²) >= 11 is 0. The molecule has 0 saturated carbocycles. The molecule has 0 aliphatic rings. The fraction of sp³-hybridized carbons (Fsp3) is 0.500. The normalized spacial score (nSPS) is 10.1. The molecule has 2 nitrogen and oxygen atoms in total. The molecule has 0 atom stereocenters. The van der Waals surface area contributed by atoms with E-state index < -0.39 is 0 Å². The summed E-state index contributed by atoms with van der Waals surface area (Å²) in [6.45, 7) is 2.92. The van der Waals surface area contributed by atoms with Gasteiger partial charge in [-0.05, 0) is 18.4 Å². The molecule has 0 fully saturated rings. The van der Waals surface area contributed by atoms with E-state index in [4.69, 9.17) is 0 Å². The lowest BCUT2D eigenvalue weighted by Crippen LogP contribution is -2.28. The summed E-state index contributed by atoms with van der Waals surface area (Å²) in [6, 6.07) is 10.3. The zero-order chi connectivity index (χ0) is 11.8. The number of hydrogen-bond donors (Lipinski definition) is 0. The number of carbonyl (C=O) groups excluding carboxylic acids is 1. The van der Waals surface area contributed by atoms with E-state index in [1.54, 1.807) is 0 Å². The van der Waals surface area contributed by atoms with Crippen molar-refractivity contribution in [2.24, 2.45) is 0 Å². The molecule has 2 heteroatoms. The van der Waals surface area contributed by atoms with Gasteiger partial charge in [0, 0.05) is 20.0 Å². The lowest BCUT2D eigenvalue weighted by molar-refractivity contribution is -0.129. The average molecular weight is 219 g/mol. The van der Waals surface area contributed by atoms with E-state index in [1.807, 2.05) is 30.1 Å². The average Bonchev–Trinajstić information content (AvgIpc) is 2.34. The number of likely N-dealkylation sites (N-methyl/N-ethyl adjacent to an activating group) is 1. The quantitative estimate of drug-likeness (QED) is 0.720. The van der Waals surface area contributed by atoms with E-state index in [9.17, 15) is 4.79 Å². The summed E-state index contributed by atoms with van der Waals surface area (Å²) in [5, 5.41) is 0. The molecular weight excluding hydrogens is 198 g/mol. The standard InChI is InChI=1S/C14H21NO/c1-3-4-10-14(16)15(2)12-11-13-8-6-5-7-9-13/h5-9H,3-4,10-12H2,1-2H3. The number of rotatable bonds is 6. The maximum Gasteiger partial charge on any atom is 0.222 e. The van der Waals surface area contributed by atoms with Crippen LogP contribution in [0.3, 0.4) is 0 Å². The van der Waals surface area contributed by atoms with Crippen LogP contribution in [0.4, 0.5) is 0 Å². The van der Waals surface area contributed by atoms with Crippen LogP contribution in [0.25, 0.3) is 0 Å². The summed E-state index contributed by atoms with van der Waals surface area (Å²) < 4.78 is 0. The fourth-order valence-electron chi connectivity index (χ4n) is 1.59. The Balaban J connectivity index is 2.29. The maximum absolute atomic E-state index is 11.6. The second kappa shape index (κ2) is 7.04. The number of benzene rings is 1. The molecule has 1 rings (SSSR count). The molecule has 16 heavy (non-hydrogen) atoms. The Kier molecular flexibility index (Phi) is 5.62. The van der Waals surface area contributed by atoms with Crippen molar-refractivity contribution in [3.8, 4) is 0 Å². The van der Waals surface area contributed by atoms with Gasteiger partial charge in [0.15, 0.2) is 0 Å². The molecular formula is C14H21NO. The minimum absolute atomic E-state index is 0.262. The summed E-state index contributed by atoms with van der Waals surface area (Å²) in [6.07, 6.45) is 3.70. The zero-order valence-corrected chi connectivity index (χ0v) is 10.3. The van der Waals surface area contributed by atoms with Crippen molar-refractivity contribution in [2.75, 3.05) is 13.6 Å². The van der Waals surface area contributed by atoms with Crippen LogP contribution in [0, 0.1) is 0 Å². The molecule has 1 aromatic carbocycles. The number of unbranched alkanes of at least 4 members (excludes halogenated alkanes) is 1. The Morgan fingerprint density at radius 2 is 1.94 bits per heavy atom. The molecule has 0 aromatic heterocycles. The molecule has 88 valence electrons. The second-order valence-corrected chi connectivity index (χ2v) is 4.15. The van der Waals surface area contributed by atoms with Gasteiger partial charge in [0.2, 0.25) is 5.91 Å². The summed E-state index contributed by atoms with van der Waals surface area (Å²) in [4.78, 5) is 13.5. The van der Waals surface area contributed by atoms with Gasteiger partial charge in [0.05, 0.1) is 0 Å². The molecule has 0 bridgehead atoms. The van der Waals surface area contributed by atoms with E-state index >= 15 is 0 Å². The van der Waals surface area contributed by atoms with Crippen LogP contribution in [0.1, 0.15) is 31.7 Å². The molecule has 0 radical (unpaired) electrons. The fourth-order valence-corrected chi connectivity index (χ4v) is 1.59. The monoisotopic (exact) mass is 219 g/mol. The van der Waals surface area contributed by atoms with Gasteiger partial charge in [-0.2, -0.15) is 0 Å². The molecule has 0 heterocycles. The molecule has 0 aliphatic carbocycles. The predicted octanol–water partition coefficient (Wildman–Crippen LogP) is 2.88. The maximum atomic E-state index is 11.6. The van der Waals surface area contributed by atoms with Gasteiger partial charge in [0.25, 0.3) is 0 Å². The first-order valence-electron chi connectivity index (χ1n) is 6.02. The van der Waals surface area contributed by atoms with Gasteiger partial charge in [0.1, 0.15) is 0 Å². The largest absolute Gasteiger partial charge is 0.345 e. The van der Waals surface area contributed by atoms with Crippen molar-refractivity contribution in [1.29, 1.82) is 0 Å². The van der Waals surface area contributed by atoms with Gasteiger partial charge in [-0.25, -0.2) is 0 Å². The van der Waals surface area contributed by atoms with Crippen molar-refractivity contribution < 1.29 is 4.79 Å². The number of amides is 1. The third kappa shape index (κ3) is 4.47. The topological polar surface area (TPSA) is 20.3 Å². The molecule has 0 aliphatic heterocycles. The van der Waals surface area contributed by atoms with Crippen LogP contribution in [-0.2, 0) is 11.2 Å². The highest BCUT2D eigenvalue weighted by molar-refractivity contribution is 5.75. The van der Waals surface area contributed by atoms with E-state index in [0.29, 0.717) is 6.42 Å². The van der Waals surface area contributed by atoms with Gasteiger partial charge >= 0.3 is 0 Å². The van der Waals surface area contributed by atoms with E-state index in [1.165, 1.54) is 5.56 Å². The van der Waals surface area contributed by atoms with Gasteiger partial charge in [-0.15, -0.1) is 0 Å². The Morgan fingerprint density at radius 3 is 2.56 bits per heavy atom. The number of carbonyl (C=O) groups is 1. The van der Waals surface area contributed by atoms with Gasteiger partial charge in [-0.1, -0.05) is 43.7 Å². The number of hydrogen-bond acceptors (Lipinski definition) is 1. The van der Waals surface area contributed by atoms with Crippen molar-refractivity contribution in [1.82, 2.24) is 4.90 Å². The van der Waals surface area contributed by atoms with E-state index in [2.05, 4.69) is 19.1 Å². The predicted molar refractivity (Wildman–Crippen MR) is 67.3 cm³/mol. The van der Waals surface area contributed by atoms with E-state index in [-0.39, 0.29) is 5.91 Å². The van der Waals surface area contributed by atoms with Crippen molar-refractivity contribution in [3.63, 3.8) is 0 Å². The first-order chi connectivity index (χ1) is 7.74. The Morgan fingerprint density at radius 1 is 1.25 bits per heavy atom. The molecule has 1 aromatic rings. The summed E-state index contributed by atoms with van der Waals surface area (Å²) in [7, 11) is 1.89. The molecule has 0 N–H and O–H groups in total. The minimum Gasteiger partial charge on any atom is -0.345 e. The van der Waals surface area contributed by atoms with Crippen LogP contribution >= 0.6 is 0 Å². The first kappa shape index (κ1) is 12.8. The van der Waals surface area contributed by atoms with Crippen molar-refractivity contribution in [3.05, 3.63) is 35.9 Å². The van der Waals surface area contributed by atoms with Crippen molar-refractivity contribution >= 4 is 5.91 Å². The van der Waals surface area contributed by atoms with Crippen LogP contribution in [-0.4, -0.2) is 24.4 Å². The van der Waals surface area contributed by atoms with Crippen molar-refractivity contribution in [2.45, 2.75) is 32.6 Å². The van der Waals surface area contributed by atoms with Crippen LogP contribution < -0.4 is 0 Å². The first-order valence-corrected chi connectivity index (χ1v) is 6.02. The van der Waals surface area contributed by atoms with Crippen LogP contribution in [0.2, 0.25) is 0 Å². The second-order valence-electron chi connectivity index (χ2n) is 4.15. The molecule has 0 saturated heterocycles. The Bertz CT molecular complexity index is 308. The van der Waals surface area contributed by atoms with Crippen LogP contribution in [0.5, 0.6) is 0 Å². The lowest BCUT2D eigenvalue weighted by Gasteiger charge is -2.16. The number of nitrogens with zero attached hydrogens (tertiary/aromatic N) is 1. The highest BCUT2D eigenvalue weighted by Gasteiger charge is 2.07. The third-order valence-corrected chi connectivity index (χ3v) is 2.75. The van der Waals surface area contributed by atoms with Gasteiger partial charge in [-0.3, -0.25) is 4.79 Å². The highest BCUT2D eigenvalue weighted by atomic mass is 16.2. The SMILES string of the molecule is CCCCC(=O)N(C)CCc1ccccc1. The summed E-state index contributed by atoms with van der Waals surface area (Å²) in [5.74, 6) is 0.262. The molecule has 0 unspecified atom stereocenters.